The van der Waals surface area contributed by atoms with Crippen LogP contribution in [-0.4, -0.2) is 49.7 Å². The lowest BCUT2D eigenvalue weighted by Gasteiger charge is -2.33. The van der Waals surface area contributed by atoms with Crippen LogP contribution < -0.4 is 0 Å². The van der Waals surface area contributed by atoms with Crippen molar-refractivity contribution in [1.29, 1.82) is 0 Å². The van der Waals surface area contributed by atoms with Crippen LogP contribution in [0.3, 0.4) is 0 Å². The van der Waals surface area contributed by atoms with Crippen LogP contribution in [0, 0.1) is 0 Å². The molecule has 0 saturated carbocycles. The largest absolute Gasteiger partial charge is 0.335 e. The third-order valence-corrected chi connectivity index (χ3v) is 9.50. The van der Waals surface area contributed by atoms with Crippen LogP contribution in [0.4, 0.5) is 0 Å². The Hall–Kier alpha value is -1.52. The van der Waals surface area contributed by atoms with Crippen molar-refractivity contribution in [1.82, 2.24) is 9.21 Å². The van der Waals surface area contributed by atoms with E-state index in [0.717, 1.165) is 14.9 Å². The van der Waals surface area contributed by atoms with Gasteiger partial charge in [-0.05, 0) is 45.1 Å². The molecule has 0 unspecified atom stereocenters. The summed E-state index contributed by atoms with van der Waals surface area (Å²) in [6.07, 6.45) is 0. The Morgan fingerprint density at radius 2 is 1.68 bits per heavy atom. The molecule has 1 aromatic carbocycles. The number of thiophene rings is 2. The van der Waals surface area contributed by atoms with Crippen LogP contribution in [0.1, 0.15) is 9.67 Å². The van der Waals surface area contributed by atoms with Crippen molar-refractivity contribution >= 4 is 54.5 Å². The van der Waals surface area contributed by atoms with E-state index in [4.69, 9.17) is 0 Å². The molecule has 2 aromatic heterocycles. The van der Waals surface area contributed by atoms with Gasteiger partial charge in [0.05, 0.1) is 8.66 Å². The molecule has 0 N–H and O–H groups in total. The van der Waals surface area contributed by atoms with Gasteiger partial charge in [-0.1, -0.05) is 30.3 Å². The van der Waals surface area contributed by atoms with Crippen molar-refractivity contribution in [3.8, 4) is 11.1 Å². The highest BCUT2D eigenvalue weighted by Crippen LogP contribution is 2.31. The molecule has 5 nitrogen and oxygen atoms in total. The summed E-state index contributed by atoms with van der Waals surface area (Å²) in [5.41, 5.74) is 1.94. The predicted octanol–water partition coefficient (Wildman–Crippen LogP) is 4.39. The summed E-state index contributed by atoms with van der Waals surface area (Å²) in [7, 11) is -3.51. The molecule has 1 amide bonds. The number of hydrogen-bond donors (Lipinski definition) is 0. The van der Waals surface area contributed by atoms with Gasteiger partial charge in [-0.3, -0.25) is 4.79 Å². The Kier molecular flexibility index (Phi) is 5.71. The maximum absolute atomic E-state index is 13.0. The molecular formula is C19H17BrN2O3S3. The van der Waals surface area contributed by atoms with Crippen molar-refractivity contribution in [2.75, 3.05) is 26.2 Å². The number of piperazine rings is 1. The van der Waals surface area contributed by atoms with E-state index in [0.29, 0.717) is 35.3 Å². The topological polar surface area (TPSA) is 57.7 Å². The lowest BCUT2D eigenvalue weighted by molar-refractivity contribution is 0.0703. The fourth-order valence-electron chi connectivity index (χ4n) is 3.16. The van der Waals surface area contributed by atoms with Crippen molar-refractivity contribution < 1.29 is 13.2 Å². The van der Waals surface area contributed by atoms with Gasteiger partial charge in [-0.2, -0.15) is 4.31 Å². The summed E-state index contributed by atoms with van der Waals surface area (Å²) in [6, 6.07) is 15.1. The minimum Gasteiger partial charge on any atom is -0.335 e. The second-order valence-corrected chi connectivity index (χ2v) is 11.8. The van der Waals surface area contributed by atoms with Gasteiger partial charge in [-0.15, -0.1) is 22.7 Å². The lowest BCUT2D eigenvalue weighted by Crippen LogP contribution is -2.50. The fraction of sp³-hybridized carbons (Fsp3) is 0.211. The molecule has 0 bridgehead atoms. The maximum Gasteiger partial charge on any atom is 0.264 e. The van der Waals surface area contributed by atoms with E-state index in [2.05, 4.69) is 15.9 Å². The van der Waals surface area contributed by atoms with Gasteiger partial charge in [0.25, 0.3) is 15.9 Å². The van der Waals surface area contributed by atoms with Gasteiger partial charge in [0, 0.05) is 31.7 Å². The molecule has 9 heteroatoms. The van der Waals surface area contributed by atoms with Crippen molar-refractivity contribution in [3.05, 3.63) is 62.6 Å². The quantitative estimate of drug-likeness (QED) is 0.538. The summed E-state index contributed by atoms with van der Waals surface area (Å²) in [5.74, 6) is -0.0373. The molecule has 0 atom stereocenters. The molecule has 0 radical (unpaired) electrons. The highest BCUT2D eigenvalue weighted by atomic mass is 79.9. The Balaban J connectivity index is 1.48. The molecule has 0 spiro atoms. The first-order valence-electron chi connectivity index (χ1n) is 8.64. The molecule has 0 aliphatic carbocycles. The molecule has 28 heavy (non-hydrogen) atoms. The monoisotopic (exact) mass is 496 g/mol. The second kappa shape index (κ2) is 8.08. The van der Waals surface area contributed by atoms with Crippen LogP contribution in [0.25, 0.3) is 11.1 Å². The average Bonchev–Trinajstić information content (AvgIpc) is 3.38. The number of rotatable bonds is 4. The first-order valence-corrected chi connectivity index (χ1v) is 12.6. The molecule has 1 aliphatic heterocycles. The minimum absolute atomic E-state index is 0.0373. The number of carbonyl (C=O) groups excluding carboxylic acids is 1. The number of amides is 1. The van der Waals surface area contributed by atoms with E-state index in [1.54, 1.807) is 17.0 Å². The number of benzene rings is 1. The highest BCUT2D eigenvalue weighted by Gasteiger charge is 2.32. The normalized spacial score (nSPS) is 15.7. The van der Waals surface area contributed by atoms with E-state index in [9.17, 15) is 13.2 Å². The third kappa shape index (κ3) is 3.81. The van der Waals surface area contributed by atoms with E-state index in [-0.39, 0.29) is 5.91 Å². The molecule has 146 valence electrons. The van der Waals surface area contributed by atoms with Gasteiger partial charge in [0.2, 0.25) is 0 Å². The van der Waals surface area contributed by atoms with E-state index < -0.39 is 10.0 Å². The molecule has 1 saturated heterocycles. The van der Waals surface area contributed by atoms with Gasteiger partial charge < -0.3 is 4.90 Å². The van der Waals surface area contributed by atoms with Gasteiger partial charge >= 0.3 is 0 Å². The molecular weight excluding hydrogens is 480 g/mol. The van der Waals surface area contributed by atoms with Crippen LogP contribution in [0.5, 0.6) is 0 Å². The first kappa shape index (κ1) is 19.8. The maximum atomic E-state index is 13.0. The van der Waals surface area contributed by atoms with Crippen LogP contribution in [0.15, 0.2) is 61.9 Å². The standard InChI is InChI=1S/C19H17BrN2O3S3/c20-16-6-7-17(27-16)28(24,25)22-11-9-21(10-12-22)19(23)18-15(8-13-26-18)14-4-2-1-3-5-14/h1-8,13H,9-12H2. The molecule has 1 aliphatic rings. The third-order valence-electron chi connectivity index (χ3n) is 4.61. The predicted molar refractivity (Wildman–Crippen MR) is 116 cm³/mol. The Morgan fingerprint density at radius 1 is 0.964 bits per heavy atom. The molecule has 3 aromatic rings. The molecule has 3 heterocycles. The zero-order valence-electron chi connectivity index (χ0n) is 14.7. The zero-order valence-corrected chi connectivity index (χ0v) is 18.8. The van der Waals surface area contributed by atoms with Crippen LogP contribution >= 0.6 is 38.6 Å². The highest BCUT2D eigenvalue weighted by molar-refractivity contribution is 9.11. The summed E-state index contributed by atoms with van der Waals surface area (Å²) < 4.78 is 28.1. The van der Waals surface area contributed by atoms with E-state index in [1.807, 2.05) is 41.8 Å². The van der Waals surface area contributed by atoms with Gasteiger partial charge in [0.1, 0.15) is 4.21 Å². The molecule has 1 fully saturated rings. The summed E-state index contributed by atoms with van der Waals surface area (Å²) in [6.45, 7) is 1.37. The van der Waals surface area contributed by atoms with Crippen LogP contribution in [0.2, 0.25) is 0 Å². The second-order valence-electron chi connectivity index (χ2n) is 6.28. The van der Waals surface area contributed by atoms with Crippen molar-refractivity contribution in [2.24, 2.45) is 0 Å². The fourth-order valence-corrected chi connectivity index (χ4v) is 7.63. The van der Waals surface area contributed by atoms with Crippen molar-refractivity contribution in [2.45, 2.75) is 4.21 Å². The Bertz CT molecular complexity index is 1080. The minimum atomic E-state index is -3.51. The zero-order chi connectivity index (χ0) is 19.7. The summed E-state index contributed by atoms with van der Waals surface area (Å²) >= 11 is 5.94. The lowest BCUT2D eigenvalue weighted by atomic mass is 10.1. The number of halogens is 1. The smallest absolute Gasteiger partial charge is 0.264 e. The molecule has 4 rings (SSSR count). The average molecular weight is 497 g/mol. The summed E-state index contributed by atoms with van der Waals surface area (Å²) in [5, 5.41) is 1.92. The van der Waals surface area contributed by atoms with Gasteiger partial charge in [0.15, 0.2) is 0 Å². The summed E-state index contributed by atoms with van der Waals surface area (Å²) in [4.78, 5) is 15.5. The van der Waals surface area contributed by atoms with Crippen molar-refractivity contribution in [3.63, 3.8) is 0 Å². The number of carbonyl (C=O) groups is 1. The van der Waals surface area contributed by atoms with Crippen LogP contribution in [-0.2, 0) is 10.0 Å². The number of nitrogens with zero attached hydrogens (tertiary/aromatic N) is 2. The number of hydrogen-bond acceptors (Lipinski definition) is 5. The SMILES string of the molecule is O=C(c1sccc1-c1ccccc1)N1CCN(S(=O)(=O)c2ccc(Br)s2)CC1. The first-order chi connectivity index (χ1) is 13.5. The van der Waals surface area contributed by atoms with E-state index >= 15 is 0 Å². The van der Waals surface area contributed by atoms with Gasteiger partial charge in [-0.25, -0.2) is 8.42 Å². The Labute approximate surface area is 180 Å². The number of sulfonamides is 1. The Morgan fingerprint density at radius 3 is 2.32 bits per heavy atom. The van der Waals surface area contributed by atoms with E-state index in [1.165, 1.54) is 27.0 Å².